The topological polar surface area (TPSA) is 3.24 Å². The summed E-state index contributed by atoms with van der Waals surface area (Å²) in [5.41, 5.74) is 3.43. The van der Waals surface area contributed by atoms with E-state index in [-0.39, 0.29) is 0 Å². The Morgan fingerprint density at radius 3 is 2.20 bits per heavy atom. The van der Waals surface area contributed by atoms with Gasteiger partial charge in [0.2, 0.25) is 0 Å². The lowest BCUT2D eigenvalue weighted by atomic mass is 10.1. The fraction of sp³-hybridized carbons (Fsp3) is 0.286. The van der Waals surface area contributed by atoms with Crippen LogP contribution in [0.5, 0.6) is 0 Å². The summed E-state index contributed by atoms with van der Waals surface area (Å²) in [6.07, 6.45) is 10.0. The third kappa shape index (κ3) is 5.74. The smallest absolute Gasteiger partial charge is 0.0106 e. The molecule has 1 heteroatoms. The van der Waals surface area contributed by atoms with E-state index >= 15 is 0 Å². The van der Waals surface area contributed by atoms with Gasteiger partial charge in [0.25, 0.3) is 0 Å². The van der Waals surface area contributed by atoms with Crippen molar-refractivity contribution in [3.8, 4) is 0 Å². The molecule has 0 N–H and O–H groups in total. The average Bonchev–Trinajstić information content (AvgIpc) is 2.17. The molecule has 1 nitrogen and oxygen atoms in total. The van der Waals surface area contributed by atoms with Crippen molar-refractivity contribution in [3.05, 3.63) is 60.5 Å². The zero-order valence-corrected chi connectivity index (χ0v) is 10.2. The Balaban J connectivity index is 4.59. The maximum atomic E-state index is 3.92. The largest absolute Gasteiger partial charge is 0.358 e. The zero-order valence-electron chi connectivity index (χ0n) is 10.2. The standard InChI is InChI=1S/C14H21N/c1-7-14(12(3)4)10-9-13(5)11-15(6)8-2/h7-11H,2-3H2,1,4-6H3/b10-9-,13-11+,14-7+. The van der Waals surface area contributed by atoms with Crippen LogP contribution < -0.4 is 0 Å². The van der Waals surface area contributed by atoms with E-state index in [1.807, 2.05) is 32.0 Å². The van der Waals surface area contributed by atoms with Crippen molar-refractivity contribution in [3.63, 3.8) is 0 Å². The summed E-state index contributed by atoms with van der Waals surface area (Å²) in [4.78, 5) is 1.93. The predicted molar refractivity (Wildman–Crippen MR) is 69.4 cm³/mol. The Morgan fingerprint density at radius 1 is 1.20 bits per heavy atom. The van der Waals surface area contributed by atoms with Gasteiger partial charge >= 0.3 is 0 Å². The predicted octanol–water partition coefficient (Wildman–Crippen LogP) is 4.04. The minimum Gasteiger partial charge on any atom is -0.358 e. The molecule has 0 fully saturated rings. The molecule has 0 bridgehead atoms. The molecule has 82 valence electrons. The van der Waals surface area contributed by atoms with Crippen LogP contribution >= 0.6 is 0 Å². The first-order valence-electron chi connectivity index (χ1n) is 5.04. The van der Waals surface area contributed by atoms with Crippen LogP contribution in [0.1, 0.15) is 20.8 Å². The molecule has 15 heavy (non-hydrogen) atoms. The molecule has 0 aliphatic rings. The van der Waals surface area contributed by atoms with Crippen LogP contribution in [0.15, 0.2) is 60.5 Å². The van der Waals surface area contributed by atoms with Gasteiger partial charge in [-0.3, -0.25) is 0 Å². The van der Waals surface area contributed by atoms with Gasteiger partial charge in [-0.05, 0) is 38.1 Å². The molecule has 0 saturated carbocycles. The fourth-order valence-corrected chi connectivity index (χ4v) is 1.12. The van der Waals surface area contributed by atoms with Crippen molar-refractivity contribution in [2.75, 3.05) is 7.05 Å². The van der Waals surface area contributed by atoms with Crippen molar-refractivity contribution >= 4 is 0 Å². The number of hydrogen-bond acceptors (Lipinski definition) is 1. The van der Waals surface area contributed by atoms with Crippen LogP contribution in [-0.4, -0.2) is 11.9 Å². The van der Waals surface area contributed by atoms with Crippen LogP contribution in [0.25, 0.3) is 0 Å². The fourth-order valence-electron chi connectivity index (χ4n) is 1.12. The van der Waals surface area contributed by atoms with Gasteiger partial charge in [0.15, 0.2) is 0 Å². The molecule has 0 rings (SSSR count). The first-order valence-corrected chi connectivity index (χ1v) is 5.04. The molecule has 0 atom stereocenters. The quantitative estimate of drug-likeness (QED) is 0.609. The Bertz CT molecular complexity index is 316. The van der Waals surface area contributed by atoms with Gasteiger partial charge in [-0.2, -0.15) is 0 Å². The van der Waals surface area contributed by atoms with Crippen molar-refractivity contribution in [1.82, 2.24) is 4.90 Å². The summed E-state index contributed by atoms with van der Waals surface area (Å²) in [5.74, 6) is 0. The Labute approximate surface area is 93.8 Å². The Hall–Kier alpha value is -1.50. The van der Waals surface area contributed by atoms with Gasteiger partial charge < -0.3 is 4.90 Å². The van der Waals surface area contributed by atoms with E-state index in [9.17, 15) is 0 Å². The molecular weight excluding hydrogens is 182 g/mol. The number of allylic oxidation sites excluding steroid dienone is 6. The molecule has 0 unspecified atom stereocenters. The first kappa shape index (κ1) is 13.5. The third-order valence-corrected chi connectivity index (χ3v) is 2.02. The second-order valence-electron chi connectivity index (χ2n) is 3.58. The van der Waals surface area contributed by atoms with E-state index < -0.39 is 0 Å². The van der Waals surface area contributed by atoms with E-state index in [0.29, 0.717) is 0 Å². The second kappa shape index (κ2) is 6.88. The van der Waals surface area contributed by atoms with Crippen LogP contribution in [0, 0.1) is 0 Å². The summed E-state index contributed by atoms with van der Waals surface area (Å²) in [6, 6.07) is 0. The van der Waals surface area contributed by atoms with Gasteiger partial charge in [-0.25, -0.2) is 0 Å². The highest BCUT2D eigenvalue weighted by atomic mass is 15.0. The first-order chi connectivity index (χ1) is 7.01. The van der Waals surface area contributed by atoms with Crippen molar-refractivity contribution in [2.45, 2.75) is 20.8 Å². The minimum absolute atomic E-state index is 1.08. The lowest BCUT2D eigenvalue weighted by molar-refractivity contribution is 0.623. The summed E-state index contributed by atoms with van der Waals surface area (Å²) in [5, 5.41) is 0. The lowest BCUT2D eigenvalue weighted by Crippen LogP contribution is -1.99. The van der Waals surface area contributed by atoms with Crippen LogP contribution in [0.4, 0.5) is 0 Å². The number of rotatable bonds is 5. The van der Waals surface area contributed by atoms with E-state index in [0.717, 1.165) is 5.57 Å². The Morgan fingerprint density at radius 2 is 1.80 bits per heavy atom. The van der Waals surface area contributed by atoms with Crippen molar-refractivity contribution in [2.24, 2.45) is 0 Å². The van der Waals surface area contributed by atoms with Crippen LogP contribution in [0.2, 0.25) is 0 Å². The van der Waals surface area contributed by atoms with Crippen LogP contribution in [-0.2, 0) is 0 Å². The van der Waals surface area contributed by atoms with E-state index in [1.165, 1.54) is 11.1 Å². The summed E-state index contributed by atoms with van der Waals surface area (Å²) in [7, 11) is 1.96. The van der Waals surface area contributed by atoms with Gasteiger partial charge in [0.1, 0.15) is 0 Å². The second-order valence-corrected chi connectivity index (χ2v) is 3.58. The summed E-state index contributed by atoms with van der Waals surface area (Å²) >= 11 is 0. The van der Waals surface area contributed by atoms with Gasteiger partial charge in [-0.15, -0.1) is 0 Å². The maximum Gasteiger partial charge on any atom is 0.0106 e. The average molecular weight is 203 g/mol. The molecule has 0 amide bonds. The van der Waals surface area contributed by atoms with Gasteiger partial charge in [-0.1, -0.05) is 37.0 Å². The highest BCUT2D eigenvalue weighted by Gasteiger charge is 1.90. The van der Waals surface area contributed by atoms with E-state index in [1.54, 1.807) is 6.20 Å². The Kier molecular flexibility index (Phi) is 6.19. The van der Waals surface area contributed by atoms with Crippen molar-refractivity contribution in [1.29, 1.82) is 0 Å². The minimum atomic E-state index is 1.08. The number of hydrogen-bond donors (Lipinski definition) is 0. The van der Waals surface area contributed by atoms with E-state index in [2.05, 4.69) is 38.3 Å². The zero-order chi connectivity index (χ0) is 11.8. The monoisotopic (exact) mass is 203 g/mol. The maximum absolute atomic E-state index is 3.92. The lowest BCUT2D eigenvalue weighted by Gasteiger charge is -2.06. The summed E-state index contributed by atoms with van der Waals surface area (Å²) < 4.78 is 0. The molecule has 0 aromatic rings. The molecule has 0 heterocycles. The molecule has 0 spiro atoms. The third-order valence-electron chi connectivity index (χ3n) is 2.02. The highest BCUT2D eigenvalue weighted by Crippen LogP contribution is 2.09. The molecule has 0 aliphatic carbocycles. The van der Waals surface area contributed by atoms with Gasteiger partial charge in [0, 0.05) is 13.2 Å². The molecule has 0 saturated heterocycles. The van der Waals surface area contributed by atoms with Crippen LogP contribution in [0.3, 0.4) is 0 Å². The number of nitrogens with zero attached hydrogens (tertiary/aromatic N) is 1. The normalized spacial score (nSPS) is 13.1. The molecule has 0 aromatic carbocycles. The SMILES string of the molecule is C=CN(C)/C=C(C)/C=C\C(=C/C)C(=C)C. The molecule has 0 radical (unpaired) electrons. The molecule has 0 aromatic heterocycles. The highest BCUT2D eigenvalue weighted by molar-refractivity contribution is 5.38. The van der Waals surface area contributed by atoms with E-state index in [4.69, 9.17) is 0 Å². The summed E-state index contributed by atoms with van der Waals surface area (Å²) in [6.45, 7) is 13.7. The molecule has 0 aliphatic heterocycles. The molecular formula is C14H21N. The van der Waals surface area contributed by atoms with Crippen molar-refractivity contribution < 1.29 is 0 Å². The van der Waals surface area contributed by atoms with Gasteiger partial charge in [0.05, 0.1) is 0 Å².